The normalized spacial score (nSPS) is 13.0. The van der Waals surface area contributed by atoms with Gasteiger partial charge >= 0.3 is 11.9 Å². The lowest BCUT2D eigenvalue weighted by Gasteiger charge is -2.34. The number of hydrogen-bond donors (Lipinski definition) is 0. The summed E-state index contributed by atoms with van der Waals surface area (Å²) in [5, 5.41) is 11.6. The molecule has 0 saturated heterocycles. The van der Waals surface area contributed by atoms with E-state index in [1.165, 1.54) is 154 Å². The number of likely N-dealkylation sites (N-methyl/N-ethyl adjacent to an activating group) is 1. The van der Waals surface area contributed by atoms with Gasteiger partial charge in [-0.25, -0.2) is 0 Å². The molecule has 55 heavy (non-hydrogen) atoms. The summed E-state index contributed by atoms with van der Waals surface area (Å²) >= 11 is 0. The van der Waals surface area contributed by atoms with Crippen molar-refractivity contribution in [3.05, 3.63) is 12.2 Å². The number of carboxylic acids is 1. The van der Waals surface area contributed by atoms with Gasteiger partial charge in [-0.3, -0.25) is 9.59 Å². The number of quaternary nitrogens is 1. The second-order valence-corrected chi connectivity index (χ2v) is 17.0. The van der Waals surface area contributed by atoms with Crippen LogP contribution in [0.4, 0.5) is 0 Å². The van der Waals surface area contributed by atoms with Gasteiger partial charge in [0.15, 0.2) is 6.10 Å². The minimum Gasteiger partial charge on any atom is -0.544 e. The molecule has 2 atom stereocenters. The largest absolute Gasteiger partial charge is 0.544 e. The van der Waals surface area contributed by atoms with E-state index in [-0.39, 0.29) is 49.1 Å². The molecule has 8 nitrogen and oxygen atoms in total. The van der Waals surface area contributed by atoms with Crippen LogP contribution in [0.5, 0.6) is 0 Å². The molecule has 0 fully saturated rings. The van der Waals surface area contributed by atoms with Crippen LogP contribution >= 0.6 is 0 Å². The fraction of sp³-hybridized carbons (Fsp3) is 0.894. The number of aliphatic carboxylic acids is 1. The Bertz CT molecular complexity index is 915. The Labute approximate surface area is 339 Å². The lowest BCUT2D eigenvalue weighted by Crippen LogP contribution is -2.55. The van der Waals surface area contributed by atoms with E-state index in [1.807, 2.05) is 6.08 Å². The van der Waals surface area contributed by atoms with Gasteiger partial charge in [-0.2, -0.15) is 0 Å². The summed E-state index contributed by atoms with van der Waals surface area (Å²) in [6.07, 6.45) is 41.3. The molecule has 0 aliphatic rings. The zero-order valence-electron chi connectivity index (χ0n) is 36.9. The maximum Gasteiger partial charge on any atom is 0.306 e. The molecule has 0 rings (SSSR count). The predicted molar refractivity (Wildman–Crippen MR) is 227 cm³/mol. The van der Waals surface area contributed by atoms with Crippen molar-refractivity contribution in [3.63, 3.8) is 0 Å². The van der Waals surface area contributed by atoms with Gasteiger partial charge in [0.05, 0.1) is 40.3 Å². The average molecular weight is 780 g/mol. The van der Waals surface area contributed by atoms with Gasteiger partial charge in [0.2, 0.25) is 0 Å². The molecule has 0 saturated carbocycles. The molecule has 0 aliphatic heterocycles. The van der Waals surface area contributed by atoms with E-state index in [4.69, 9.17) is 14.2 Å². The van der Waals surface area contributed by atoms with Crippen LogP contribution in [0.15, 0.2) is 12.2 Å². The number of carboxylic acid groups (broad SMARTS) is 1. The van der Waals surface area contributed by atoms with Crippen LogP contribution in [-0.2, 0) is 28.6 Å². The van der Waals surface area contributed by atoms with E-state index in [0.29, 0.717) is 12.8 Å². The Morgan fingerprint density at radius 2 is 0.945 bits per heavy atom. The van der Waals surface area contributed by atoms with E-state index in [1.54, 1.807) is 21.1 Å². The van der Waals surface area contributed by atoms with Crippen LogP contribution in [0.25, 0.3) is 0 Å². The van der Waals surface area contributed by atoms with Crippen LogP contribution in [0.2, 0.25) is 0 Å². The monoisotopic (exact) mass is 780 g/mol. The van der Waals surface area contributed by atoms with Crippen molar-refractivity contribution in [1.82, 2.24) is 0 Å². The highest BCUT2D eigenvalue weighted by Gasteiger charge is 2.25. The Morgan fingerprint density at radius 3 is 1.38 bits per heavy atom. The van der Waals surface area contributed by atoms with E-state index in [2.05, 4.69) is 19.9 Å². The molecule has 0 aromatic rings. The first-order valence-corrected chi connectivity index (χ1v) is 23.2. The van der Waals surface area contributed by atoms with E-state index >= 15 is 0 Å². The second-order valence-electron chi connectivity index (χ2n) is 17.0. The van der Waals surface area contributed by atoms with Gasteiger partial charge in [0, 0.05) is 19.3 Å². The second kappa shape index (κ2) is 38.9. The first-order valence-electron chi connectivity index (χ1n) is 23.2. The molecule has 0 aromatic heterocycles. The molecule has 0 heterocycles. The summed E-state index contributed by atoms with van der Waals surface area (Å²) in [7, 11) is 5.40. The van der Waals surface area contributed by atoms with Crippen molar-refractivity contribution < 1.29 is 38.2 Å². The number of hydrogen-bond acceptors (Lipinski definition) is 7. The third-order valence-electron chi connectivity index (χ3n) is 10.7. The smallest absolute Gasteiger partial charge is 0.306 e. The van der Waals surface area contributed by atoms with Crippen LogP contribution < -0.4 is 5.11 Å². The Morgan fingerprint density at radius 1 is 0.527 bits per heavy atom. The molecule has 8 heteroatoms. The molecule has 0 aliphatic carbocycles. The van der Waals surface area contributed by atoms with Crippen molar-refractivity contribution in [3.8, 4) is 0 Å². The molecular formula is C47H89NO7. The van der Waals surface area contributed by atoms with Crippen molar-refractivity contribution in [2.75, 3.05) is 41.0 Å². The summed E-state index contributed by atoms with van der Waals surface area (Å²) in [5.41, 5.74) is 0. The fourth-order valence-corrected chi connectivity index (χ4v) is 7.03. The highest BCUT2D eigenvalue weighted by molar-refractivity contribution is 5.70. The zero-order valence-corrected chi connectivity index (χ0v) is 36.9. The van der Waals surface area contributed by atoms with E-state index in [0.717, 1.165) is 25.7 Å². The van der Waals surface area contributed by atoms with Crippen molar-refractivity contribution in [2.24, 2.45) is 0 Å². The Balaban J connectivity index is 4.11. The van der Waals surface area contributed by atoms with Crippen LogP contribution in [0.3, 0.4) is 0 Å². The van der Waals surface area contributed by atoms with Crippen molar-refractivity contribution in [2.45, 2.75) is 231 Å². The maximum absolute atomic E-state index is 12.7. The predicted octanol–water partition coefficient (Wildman–Crippen LogP) is 11.4. The number of rotatable bonds is 42. The lowest BCUT2D eigenvalue weighted by molar-refractivity contribution is -0.889. The van der Waals surface area contributed by atoms with Gasteiger partial charge in [-0.05, 0) is 25.7 Å². The molecule has 0 radical (unpaired) electrons. The first kappa shape index (κ1) is 53.1. The standard InChI is InChI=1S/C47H89NO7/c1-6-8-10-12-14-16-17-18-19-20-21-22-23-24-25-26-27-28-29-30-32-34-36-38-46(50)55-43(41-53-40-39-44(47(51)52)48(3,4)5)42-54-45(49)37-35-33-31-15-13-11-9-7-2/h31,33,43-44H,6-30,32,34-42H2,1-5H3/b33-31+. The molecule has 0 bridgehead atoms. The molecular weight excluding hydrogens is 691 g/mol. The van der Waals surface area contributed by atoms with E-state index in [9.17, 15) is 19.5 Å². The summed E-state index contributed by atoms with van der Waals surface area (Å²) in [4.78, 5) is 36.7. The third kappa shape index (κ3) is 37.4. The van der Waals surface area contributed by atoms with Gasteiger partial charge in [0.1, 0.15) is 12.6 Å². The number of esters is 2. The van der Waals surface area contributed by atoms with Crippen LogP contribution in [0, 0.1) is 0 Å². The molecule has 0 aromatic carbocycles. The maximum atomic E-state index is 12.7. The number of ether oxygens (including phenoxy) is 3. The lowest BCUT2D eigenvalue weighted by atomic mass is 10.0. The summed E-state index contributed by atoms with van der Waals surface area (Å²) in [6.45, 7) is 4.60. The number of nitrogens with zero attached hydrogens (tertiary/aromatic N) is 1. The number of unbranched alkanes of at least 4 members (excludes halogenated alkanes) is 26. The number of allylic oxidation sites excluding steroid dienone is 2. The van der Waals surface area contributed by atoms with Gasteiger partial charge in [-0.15, -0.1) is 0 Å². The molecule has 0 spiro atoms. The summed E-state index contributed by atoms with van der Waals surface area (Å²) in [6, 6.07) is -0.725. The number of carbonyl (C=O) groups excluding carboxylic acids is 3. The Kier molecular flexibility index (Phi) is 37.6. The summed E-state index contributed by atoms with van der Waals surface area (Å²) < 4.78 is 17.1. The molecule has 0 N–H and O–H groups in total. The zero-order chi connectivity index (χ0) is 40.7. The first-order chi connectivity index (χ1) is 26.6. The van der Waals surface area contributed by atoms with Gasteiger partial charge in [-0.1, -0.05) is 187 Å². The molecule has 0 amide bonds. The molecule has 324 valence electrons. The highest BCUT2D eigenvalue weighted by Crippen LogP contribution is 2.16. The van der Waals surface area contributed by atoms with Crippen molar-refractivity contribution >= 4 is 17.9 Å². The quantitative estimate of drug-likeness (QED) is 0.0263. The molecule has 2 unspecified atom stereocenters. The van der Waals surface area contributed by atoms with Crippen molar-refractivity contribution in [1.29, 1.82) is 0 Å². The summed E-state index contributed by atoms with van der Waals surface area (Å²) in [5.74, 6) is -1.79. The fourth-order valence-electron chi connectivity index (χ4n) is 7.03. The highest BCUT2D eigenvalue weighted by atomic mass is 16.6. The van der Waals surface area contributed by atoms with Gasteiger partial charge < -0.3 is 28.6 Å². The minimum atomic E-state index is -1.13. The average Bonchev–Trinajstić information content (AvgIpc) is 3.14. The minimum absolute atomic E-state index is 0.0347. The third-order valence-corrected chi connectivity index (χ3v) is 10.7. The van der Waals surface area contributed by atoms with Gasteiger partial charge in [0.25, 0.3) is 0 Å². The van der Waals surface area contributed by atoms with Crippen LogP contribution in [-0.4, -0.2) is 75.5 Å². The topological polar surface area (TPSA) is 102 Å². The Hall–Kier alpha value is -1.93. The van der Waals surface area contributed by atoms with Crippen LogP contribution in [0.1, 0.15) is 219 Å². The SMILES string of the molecule is CCCCCC/C=C/CCC(=O)OCC(COCCC(C(=O)[O-])[N+](C)(C)C)OC(=O)CCCCCCCCCCCCCCCCCCCCCCCCC. The number of carbonyl (C=O) groups is 3. The van der Waals surface area contributed by atoms with E-state index < -0.39 is 18.1 Å².